The molecule has 0 atom stereocenters. The van der Waals surface area contributed by atoms with E-state index in [0.29, 0.717) is 0 Å². The quantitative estimate of drug-likeness (QED) is 0.627. The Labute approximate surface area is 121 Å². The highest BCUT2D eigenvalue weighted by Gasteiger charge is 2.09. The van der Waals surface area contributed by atoms with Crippen LogP contribution in [0.4, 0.5) is 0 Å². The number of nitrogens with zero attached hydrogens (tertiary/aromatic N) is 1. The Morgan fingerprint density at radius 3 is 2.37 bits per heavy atom. The molecule has 1 aromatic heterocycles. The Morgan fingerprint density at radius 1 is 1.00 bits per heavy atom. The smallest absolute Gasteiger partial charge is 0.155 e. The maximum Gasteiger partial charge on any atom is 0.155 e. The van der Waals surface area contributed by atoms with Crippen LogP contribution in [0.25, 0.3) is 10.2 Å². The van der Waals surface area contributed by atoms with E-state index in [1.54, 1.807) is 23.1 Å². The fourth-order valence-electron chi connectivity index (χ4n) is 2.31. The fourth-order valence-corrected chi connectivity index (χ4v) is 4.45. The molecular formula is C16H15NS2. The molecule has 0 aliphatic carbocycles. The number of thiazole rings is 1. The van der Waals surface area contributed by atoms with Crippen molar-refractivity contribution in [2.45, 2.75) is 30.0 Å². The van der Waals surface area contributed by atoms with Gasteiger partial charge in [0, 0.05) is 4.90 Å². The zero-order chi connectivity index (χ0) is 13.4. The van der Waals surface area contributed by atoms with Gasteiger partial charge in [0.1, 0.15) is 0 Å². The Hall–Kier alpha value is -1.32. The van der Waals surface area contributed by atoms with E-state index in [9.17, 15) is 0 Å². The van der Waals surface area contributed by atoms with Crippen molar-refractivity contribution in [3.8, 4) is 0 Å². The topological polar surface area (TPSA) is 12.9 Å². The molecule has 0 fully saturated rings. The number of benzene rings is 2. The van der Waals surface area contributed by atoms with Gasteiger partial charge in [-0.2, -0.15) is 0 Å². The van der Waals surface area contributed by atoms with Crippen LogP contribution in [0.3, 0.4) is 0 Å². The molecule has 1 nitrogen and oxygen atoms in total. The lowest BCUT2D eigenvalue weighted by Gasteiger charge is -2.08. The zero-order valence-electron chi connectivity index (χ0n) is 11.2. The molecule has 0 amide bonds. The zero-order valence-corrected chi connectivity index (χ0v) is 12.9. The summed E-state index contributed by atoms with van der Waals surface area (Å²) in [4.78, 5) is 6.03. The second-order valence-electron chi connectivity index (χ2n) is 4.78. The van der Waals surface area contributed by atoms with E-state index < -0.39 is 0 Å². The van der Waals surface area contributed by atoms with E-state index in [-0.39, 0.29) is 0 Å². The summed E-state index contributed by atoms with van der Waals surface area (Å²) < 4.78 is 2.38. The number of aryl methyl sites for hydroxylation is 3. The van der Waals surface area contributed by atoms with Crippen molar-refractivity contribution in [1.82, 2.24) is 4.98 Å². The van der Waals surface area contributed by atoms with Gasteiger partial charge in [-0.3, -0.25) is 0 Å². The van der Waals surface area contributed by atoms with E-state index in [1.807, 2.05) is 6.07 Å². The molecule has 3 aromatic rings. The minimum atomic E-state index is 1.09. The van der Waals surface area contributed by atoms with Crippen LogP contribution in [-0.2, 0) is 0 Å². The van der Waals surface area contributed by atoms with Gasteiger partial charge in [-0.05, 0) is 44.0 Å². The van der Waals surface area contributed by atoms with Gasteiger partial charge in [-0.25, -0.2) is 4.98 Å². The lowest BCUT2D eigenvalue weighted by Crippen LogP contribution is -1.87. The van der Waals surface area contributed by atoms with Gasteiger partial charge in [-0.15, -0.1) is 11.3 Å². The maximum absolute atomic E-state index is 4.69. The highest BCUT2D eigenvalue weighted by atomic mass is 32.2. The molecule has 0 saturated carbocycles. The Bertz CT molecular complexity index is 687. The summed E-state index contributed by atoms with van der Waals surface area (Å²) in [6.07, 6.45) is 0. The Balaban J connectivity index is 2.01. The molecule has 3 rings (SSSR count). The van der Waals surface area contributed by atoms with E-state index >= 15 is 0 Å². The van der Waals surface area contributed by atoms with Crippen LogP contribution in [0.2, 0.25) is 0 Å². The second kappa shape index (κ2) is 4.99. The molecular weight excluding hydrogens is 270 g/mol. The highest BCUT2D eigenvalue weighted by Crippen LogP contribution is 2.37. The number of hydrogen-bond acceptors (Lipinski definition) is 3. The predicted octanol–water partition coefficient (Wildman–Crippen LogP) is 5.37. The van der Waals surface area contributed by atoms with Gasteiger partial charge in [0.05, 0.1) is 10.2 Å². The lowest BCUT2D eigenvalue weighted by molar-refractivity contribution is 1.18. The molecule has 19 heavy (non-hydrogen) atoms. The minimum Gasteiger partial charge on any atom is -0.229 e. The van der Waals surface area contributed by atoms with Crippen LogP contribution in [0.5, 0.6) is 0 Å². The van der Waals surface area contributed by atoms with Crippen LogP contribution in [0, 0.1) is 20.8 Å². The average Bonchev–Trinajstić information content (AvgIpc) is 2.76. The molecule has 0 unspecified atom stereocenters. The molecule has 2 aromatic carbocycles. The van der Waals surface area contributed by atoms with Gasteiger partial charge in [0.25, 0.3) is 0 Å². The van der Waals surface area contributed by atoms with Crippen molar-refractivity contribution >= 4 is 33.3 Å². The van der Waals surface area contributed by atoms with Crippen molar-refractivity contribution in [2.75, 3.05) is 0 Å². The summed E-state index contributed by atoms with van der Waals surface area (Å²) in [7, 11) is 0. The van der Waals surface area contributed by atoms with Gasteiger partial charge >= 0.3 is 0 Å². The van der Waals surface area contributed by atoms with Crippen LogP contribution < -0.4 is 0 Å². The number of rotatable bonds is 2. The Kier molecular flexibility index (Phi) is 3.33. The molecule has 0 saturated heterocycles. The normalized spacial score (nSPS) is 11.1. The van der Waals surface area contributed by atoms with E-state index in [0.717, 1.165) is 9.86 Å². The first kappa shape index (κ1) is 12.7. The monoisotopic (exact) mass is 285 g/mol. The largest absolute Gasteiger partial charge is 0.229 e. The van der Waals surface area contributed by atoms with E-state index in [2.05, 4.69) is 51.1 Å². The summed E-state index contributed by atoms with van der Waals surface area (Å²) in [5.41, 5.74) is 5.09. The van der Waals surface area contributed by atoms with Crippen molar-refractivity contribution in [3.63, 3.8) is 0 Å². The van der Waals surface area contributed by atoms with Crippen molar-refractivity contribution in [3.05, 3.63) is 53.1 Å². The molecule has 1 heterocycles. The van der Waals surface area contributed by atoms with Gasteiger partial charge in [0.2, 0.25) is 0 Å². The van der Waals surface area contributed by atoms with Gasteiger partial charge in [0.15, 0.2) is 4.34 Å². The first-order valence-corrected chi connectivity index (χ1v) is 7.88. The third kappa shape index (κ3) is 2.53. The van der Waals surface area contributed by atoms with Gasteiger partial charge in [-0.1, -0.05) is 41.6 Å². The molecule has 0 radical (unpaired) electrons. The lowest BCUT2D eigenvalue weighted by atomic mass is 10.1. The van der Waals surface area contributed by atoms with E-state index in [4.69, 9.17) is 4.98 Å². The maximum atomic E-state index is 4.69. The predicted molar refractivity (Wildman–Crippen MR) is 84.4 cm³/mol. The number of fused-ring (bicyclic) bond motifs is 1. The first-order chi connectivity index (χ1) is 9.13. The molecule has 3 heteroatoms. The number of hydrogen-bond donors (Lipinski definition) is 0. The van der Waals surface area contributed by atoms with Crippen LogP contribution >= 0.6 is 23.1 Å². The van der Waals surface area contributed by atoms with Crippen LogP contribution in [0.15, 0.2) is 45.6 Å². The van der Waals surface area contributed by atoms with E-state index in [1.165, 1.54) is 26.3 Å². The van der Waals surface area contributed by atoms with Crippen molar-refractivity contribution in [2.24, 2.45) is 0 Å². The summed E-state index contributed by atoms with van der Waals surface area (Å²) in [6, 6.07) is 12.8. The summed E-state index contributed by atoms with van der Waals surface area (Å²) in [5.74, 6) is 0. The molecule has 0 aliphatic rings. The standard InChI is InChI=1S/C16H15NS2/c1-10-8-11(2)15(12(3)9-10)19-16-17-13-6-4-5-7-14(13)18-16/h4-9H,1-3H3. The molecule has 96 valence electrons. The minimum absolute atomic E-state index is 1.09. The van der Waals surface area contributed by atoms with Crippen LogP contribution in [-0.4, -0.2) is 4.98 Å². The first-order valence-electron chi connectivity index (χ1n) is 6.25. The highest BCUT2D eigenvalue weighted by molar-refractivity contribution is 8.01. The number of para-hydroxylation sites is 1. The SMILES string of the molecule is Cc1cc(C)c(Sc2nc3ccccc3s2)c(C)c1. The summed E-state index contributed by atoms with van der Waals surface area (Å²) in [5, 5.41) is 0. The number of aromatic nitrogens is 1. The van der Waals surface area contributed by atoms with Crippen molar-refractivity contribution in [1.29, 1.82) is 0 Å². The van der Waals surface area contributed by atoms with Gasteiger partial charge < -0.3 is 0 Å². The third-order valence-corrected chi connectivity index (χ3v) is 5.51. The average molecular weight is 285 g/mol. The molecule has 0 spiro atoms. The summed E-state index contributed by atoms with van der Waals surface area (Å²) in [6.45, 7) is 6.50. The molecule has 0 aliphatic heterocycles. The fraction of sp³-hybridized carbons (Fsp3) is 0.188. The third-order valence-electron chi connectivity index (χ3n) is 3.07. The van der Waals surface area contributed by atoms with Crippen LogP contribution in [0.1, 0.15) is 16.7 Å². The van der Waals surface area contributed by atoms with Crippen molar-refractivity contribution < 1.29 is 0 Å². The molecule has 0 bridgehead atoms. The molecule has 0 N–H and O–H groups in total. The summed E-state index contributed by atoms with van der Waals surface area (Å²) >= 11 is 3.55. The second-order valence-corrected chi connectivity index (χ2v) is 7.07. The Morgan fingerprint density at radius 2 is 1.68 bits per heavy atom.